The Labute approximate surface area is 102 Å². The minimum atomic E-state index is -0.0647. The number of rotatable bonds is 3. The molecule has 0 bridgehead atoms. The van der Waals surface area contributed by atoms with E-state index >= 15 is 0 Å². The molecule has 0 atom stereocenters. The monoisotopic (exact) mass is 323 g/mol. The second-order valence-corrected chi connectivity index (χ2v) is 4.45. The standard InChI is InChI=1S/C10H11ClINO/c1-2-5-13-10(14)7-3-4-9(12)8(11)6-7/h3-4,6H,2,5H2,1H3,(H,13,14). The van der Waals surface area contributed by atoms with Gasteiger partial charge in [0.15, 0.2) is 0 Å². The van der Waals surface area contributed by atoms with Gasteiger partial charge in [-0.25, -0.2) is 0 Å². The van der Waals surface area contributed by atoms with Crippen molar-refractivity contribution in [2.24, 2.45) is 0 Å². The molecule has 0 radical (unpaired) electrons. The molecule has 76 valence electrons. The summed E-state index contributed by atoms with van der Waals surface area (Å²) in [5.41, 5.74) is 0.615. The van der Waals surface area contributed by atoms with Crippen LogP contribution in [0.4, 0.5) is 0 Å². The normalized spacial score (nSPS) is 9.93. The maximum atomic E-state index is 11.5. The predicted molar refractivity (Wildman–Crippen MR) is 66.8 cm³/mol. The van der Waals surface area contributed by atoms with Crippen molar-refractivity contribution in [3.8, 4) is 0 Å². The van der Waals surface area contributed by atoms with E-state index in [1.807, 2.05) is 13.0 Å². The summed E-state index contributed by atoms with van der Waals surface area (Å²) in [5, 5.41) is 3.42. The zero-order chi connectivity index (χ0) is 10.6. The first kappa shape index (κ1) is 11.8. The van der Waals surface area contributed by atoms with Crippen LogP contribution in [0.15, 0.2) is 18.2 Å². The predicted octanol–water partition coefficient (Wildman–Crippen LogP) is 3.08. The van der Waals surface area contributed by atoms with E-state index in [1.165, 1.54) is 0 Å². The third kappa shape index (κ3) is 3.13. The lowest BCUT2D eigenvalue weighted by molar-refractivity contribution is 0.0953. The Balaban J connectivity index is 2.76. The molecule has 1 rings (SSSR count). The second-order valence-electron chi connectivity index (χ2n) is 2.88. The molecule has 0 aliphatic carbocycles. The fraction of sp³-hybridized carbons (Fsp3) is 0.300. The van der Waals surface area contributed by atoms with Crippen LogP contribution in [-0.4, -0.2) is 12.5 Å². The lowest BCUT2D eigenvalue weighted by Crippen LogP contribution is -2.23. The van der Waals surface area contributed by atoms with Crippen molar-refractivity contribution in [2.75, 3.05) is 6.54 Å². The molecule has 2 nitrogen and oxygen atoms in total. The van der Waals surface area contributed by atoms with Crippen molar-refractivity contribution < 1.29 is 4.79 Å². The summed E-state index contributed by atoms with van der Waals surface area (Å²) in [6.07, 6.45) is 0.934. The highest BCUT2D eigenvalue weighted by atomic mass is 127. The zero-order valence-corrected chi connectivity index (χ0v) is 10.7. The quantitative estimate of drug-likeness (QED) is 0.851. The molecule has 1 N–H and O–H groups in total. The molecular formula is C10H11ClINO. The molecule has 0 unspecified atom stereocenters. The molecule has 0 aromatic heterocycles. The fourth-order valence-electron chi connectivity index (χ4n) is 0.978. The third-order valence-electron chi connectivity index (χ3n) is 1.72. The van der Waals surface area contributed by atoms with E-state index in [2.05, 4.69) is 27.9 Å². The van der Waals surface area contributed by atoms with Gasteiger partial charge in [0.25, 0.3) is 5.91 Å². The number of carbonyl (C=O) groups is 1. The molecule has 0 saturated heterocycles. The Morgan fingerprint density at radius 2 is 2.29 bits per heavy atom. The molecule has 0 spiro atoms. The van der Waals surface area contributed by atoms with Crippen LogP contribution >= 0.6 is 34.2 Å². The van der Waals surface area contributed by atoms with Gasteiger partial charge in [-0.15, -0.1) is 0 Å². The number of amides is 1. The Morgan fingerprint density at radius 3 is 2.86 bits per heavy atom. The van der Waals surface area contributed by atoms with Crippen LogP contribution in [0.25, 0.3) is 0 Å². The van der Waals surface area contributed by atoms with Crippen molar-refractivity contribution in [3.63, 3.8) is 0 Å². The Hall–Kier alpha value is -0.290. The maximum absolute atomic E-state index is 11.5. The highest BCUT2D eigenvalue weighted by Gasteiger charge is 2.06. The Bertz CT molecular complexity index is 341. The minimum absolute atomic E-state index is 0.0647. The molecule has 0 fully saturated rings. The van der Waals surface area contributed by atoms with Crippen LogP contribution in [-0.2, 0) is 0 Å². The van der Waals surface area contributed by atoms with Crippen molar-refractivity contribution in [1.82, 2.24) is 5.32 Å². The molecule has 14 heavy (non-hydrogen) atoms. The summed E-state index contributed by atoms with van der Waals surface area (Å²) < 4.78 is 0.955. The van der Waals surface area contributed by atoms with Gasteiger partial charge in [-0.05, 0) is 47.2 Å². The highest BCUT2D eigenvalue weighted by molar-refractivity contribution is 14.1. The van der Waals surface area contributed by atoms with Gasteiger partial charge in [0.1, 0.15) is 0 Å². The summed E-state index contributed by atoms with van der Waals surface area (Å²) in [7, 11) is 0. The summed E-state index contributed by atoms with van der Waals surface area (Å²) >= 11 is 8.03. The van der Waals surface area contributed by atoms with Gasteiger partial charge in [-0.3, -0.25) is 4.79 Å². The number of benzene rings is 1. The average Bonchev–Trinajstić information content (AvgIpc) is 2.18. The van der Waals surface area contributed by atoms with Crippen molar-refractivity contribution >= 4 is 40.1 Å². The van der Waals surface area contributed by atoms with Gasteiger partial charge in [-0.1, -0.05) is 18.5 Å². The van der Waals surface area contributed by atoms with Crippen LogP contribution in [0.1, 0.15) is 23.7 Å². The maximum Gasteiger partial charge on any atom is 0.251 e. The molecule has 4 heteroatoms. The third-order valence-corrected chi connectivity index (χ3v) is 3.29. The molecule has 1 amide bonds. The Morgan fingerprint density at radius 1 is 1.57 bits per heavy atom. The number of nitrogens with one attached hydrogen (secondary N) is 1. The minimum Gasteiger partial charge on any atom is -0.352 e. The summed E-state index contributed by atoms with van der Waals surface area (Å²) in [6.45, 7) is 2.71. The van der Waals surface area contributed by atoms with E-state index in [0.29, 0.717) is 17.1 Å². The molecule has 0 aliphatic rings. The van der Waals surface area contributed by atoms with Crippen molar-refractivity contribution in [1.29, 1.82) is 0 Å². The SMILES string of the molecule is CCCNC(=O)c1ccc(I)c(Cl)c1. The van der Waals surface area contributed by atoms with E-state index in [9.17, 15) is 4.79 Å². The molecule has 0 heterocycles. The number of hydrogen-bond donors (Lipinski definition) is 1. The molecule has 1 aromatic rings. The van der Waals surface area contributed by atoms with Gasteiger partial charge in [0, 0.05) is 15.7 Å². The van der Waals surface area contributed by atoms with E-state index in [1.54, 1.807) is 12.1 Å². The van der Waals surface area contributed by atoms with E-state index < -0.39 is 0 Å². The lowest BCUT2D eigenvalue weighted by Gasteiger charge is -2.04. The van der Waals surface area contributed by atoms with Gasteiger partial charge >= 0.3 is 0 Å². The molecule has 0 aliphatic heterocycles. The molecular weight excluding hydrogens is 312 g/mol. The number of halogens is 2. The summed E-state index contributed by atoms with van der Waals surface area (Å²) in [5.74, 6) is -0.0647. The van der Waals surface area contributed by atoms with E-state index in [0.717, 1.165) is 9.99 Å². The second kappa shape index (κ2) is 5.56. The van der Waals surface area contributed by atoms with Crippen molar-refractivity contribution in [2.45, 2.75) is 13.3 Å². The van der Waals surface area contributed by atoms with Gasteiger partial charge in [0.2, 0.25) is 0 Å². The number of carbonyl (C=O) groups excluding carboxylic acids is 1. The molecule has 0 saturated carbocycles. The largest absolute Gasteiger partial charge is 0.352 e. The van der Waals surface area contributed by atoms with Crippen molar-refractivity contribution in [3.05, 3.63) is 32.4 Å². The Kier molecular flexibility index (Phi) is 4.68. The summed E-state index contributed by atoms with van der Waals surface area (Å²) in [6, 6.07) is 5.30. The lowest BCUT2D eigenvalue weighted by atomic mass is 10.2. The van der Waals surface area contributed by atoms with Gasteiger partial charge < -0.3 is 5.32 Å². The average molecular weight is 324 g/mol. The van der Waals surface area contributed by atoms with Crippen LogP contribution in [0.5, 0.6) is 0 Å². The van der Waals surface area contributed by atoms with Gasteiger partial charge in [0.05, 0.1) is 5.02 Å². The van der Waals surface area contributed by atoms with Crippen LogP contribution in [0.3, 0.4) is 0 Å². The van der Waals surface area contributed by atoms with Crippen LogP contribution in [0, 0.1) is 3.57 Å². The smallest absolute Gasteiger partial charge is 0.251 e. The topological polar surface area (TPSA) is 29.1 Å². The van der Waals surface area contributed by atoms with E-state index in [4.69, 9.17) is 11.6 Å². The fourth-order valence-corrected chi connectivity index (χ4v) is 1.49. The first-order chi connectivity index (χ1) is 6.65. The molecule has 1 aromatic carbocycles. The first-order valence-corrected chi connectivity index (χ1v) is 5.84. The van der Waals surface area contributed by atoms with Crippen LogP contribution < -0.4 is 5.32 Å². The first-order valence-electron chi connectivity index (χ1n) is 4.38. The highest BCUT2D eigenvalue weighted by Crippen LogP contribution is 2.19. The summed E-state index contributed by atoms with van der Waals surface area (Å²) in [4.78, 5) is 11.5. The van der Waals surface area contributed by atoms with Crippen LogP contribution in [0.2, 0.25) is 5.02 Å². The number of hydrogen-bond acceptors (Lipinski definition) is 1. The van der Waals surface area contributed by atoms with Gasteiger partial charge in [-0.2, -0.15) is 0 Å². The van der Waals surface area contributed by atoms with E-state index in [-0.39, 0.29) is 5.91 Å². The zero-order valence-electron chi connectivity index (χ0n) is 7.81.